The molecule has 2 rings (SSSR count). The average Bonchev–Trinajstić information content (AvgIpc) is 2.26. The molecule has 0 spiro atoms. The van der Waals surface area contributed by atoms with Crippen LogP contribution in [0.2, 0.25) is 0 Å². The molecule has 1 aromatic rings. The van der Waals surface area contributed by atoms with Gasteiger partial charge in [0, 0.05) is 0 Å². The third-order valence-corrected chi connectivity index (χ3v) is 3.22. The zero-order valence-corrected chi connectivity index (χ0v) is 9.40. The Morgan fingerprint density at radius 1 is 1.50 bits per heavy atom. The highest BCUT2D eigenvalue weighted by atomic mass is 16.5. The number of methoxy groups -OCH3 is 1. The van der Waals surface area contributed by atoms with Crippen LogP contribution in [-0.4, -0.2) is 18.2 Å². The molecule has 1 aromatic carbocycles. The molecule has 0 aliphatic heterocycles. The minimum atomic E-state index is -0.661. The molecule has 0 unspecified atom stereocenters. The second-order valence-corrected chi connectivity index (χ2v) is 4.34. The van der Waals surface area contributed by atoms with E-state index in [1.54, 1.807) is 0 Å². The zero-order chi connectivity index (χ0) is 11.6. The summed E-state index contributed by atoms with van der Waals surface area (Å²) in [6.45, 7) is 0. The van der Waals surface area contributed by atoms with Gasteiger partial charge in [-0.15, -0.1) is 0 Å². The molecule has 1 N–H and O–H groups in total. The van der Waals surface area contributed by atoms with Gasteiger partial charge >= 0.3 is 5.97 Å². The first-order chi connectivity index (χ1) is 7.64. The SMILES string of the molecule is COC(=O)Cc1cccc(C2(O)CCC2)c1. The number of carbonyl (C=O) groups excluding carboxylic acids is 1. The number of ether oxygens (including phenoxy) is 1. The number of benzene rings is 1. The Kier molecular flexibility index (Phi) is 2.97. The van der Waals surface area contributed by atoms with E-state index in [9.17, 15) is 9.90 Å². The van der Waals surface area contributed by atoms with Crippen LogP contribution in [0.25, 0.3) is 0 Å². The quantitative estimate of drug-likeness (QED) is 0.790. The first kappa shape index (κ1) is 11.1. The van der Waals surface area contributed by atoms with Crippen molar-refractivity contribution in [1.82, 2.24) is 0 Å². The molecule has 0 radical (unpaired) electrons. The normalized spacial score (nSPS) is 17.6. The van der Waals surface area contributed by atoms with Gasteiger partial charge in [-0.2, -0.15) is 0 Å². The first-order valence-corrected chi connectivity index (χ1v) is 5.53. The van der Waals surface area contributed by atoms with Crippen molar-refractivity contribution < 1.29 is 14.6 Å². The van der Waals surface area contributed by atoms with E-state index < -0.39 is 5.60 Å². The lowest BCUT2D eigenvalue weighted by molar-refractivity contribution is -0.139. The molecule has 0 aromatic heterocycles. The van der Waals surface area contributed by atoms with Gasteiger partial charge in [-0.05, 0) is 30.4 Å². The van der Waals surface area contributed by atoms with Gasteiger partial charge in [0.25, 0.3) is 0 Å². The summed E-state index contributed by atoms with van der Waals surface area (Å²) in [7, 11) is 1.38. The van der Waals surface area contributed by atoms with Crippen molar-refractivity contribution >= 4 is 5.97 Å². The summed E-state index contributed by atoms with van der Waals surface area (Å²) in [5, 5.41) is 10.2. The van der Waals surface area contributed by atoms with Crippen LogP contribution in [0.5, 0.6) is 0 Å². The van der Waals surface area contributed by atoms with E-state index in [1.165, 1.54) is 7.11 Å². The van der Waals surface area contributed by atoms with Crippen molar-refractivity contribution in [2.24, 2.45) is 0 Å². The van der Waals surface area contributed by atoms with Gasteiger partial charge in [0.05, 0.1) is 19.1 Å². The Hall–Kier alpha value is -1.35. The Morgan fingerprint density at radius 3 is 2.81 bits per heavy atom. The predicted octanol–water partition coefficient (Wildman–Crippen LogP) is 1.77. The van der Waals surface area contributed by atoms with Gasteiger partial charge < -0.3 is 9.84 Å². The van der Waals surface area contributed by atoms with Crippen molar-refractivity contribution in [3.8, 4) is 0 Å². The van der Waals surface area contributed by atoms with Gasteiger partial charge in [0.1, 0.15) is 0 Å². The van der Waals surface area contributed by atoms with E-state index in [0.29, 0.717) is 0 Å². The summed E-state index contributed by atoms with van der Waals surface area (Å²) < 4.78 is 4.62. The fourth-order valence-corrected chi connectivity index (χ4v) is 2.01. The maximum atomic E-state index is 11.1. The number of aliphatic hydroxyl groups is 1. The van der Waals surface area contributed by atoms with Crippen molar-refractivity contribution in [3.63, 3.8) is 0 Å². The molecular formula is C13H16O3. The molecule has 0 atom stereocenters. The highest BCUT2D eigenvalue weighted by Gasteiger charge is 2.36. The number of carbonyl (C=O) groups is 1. The molecule has 0 saturated heterocycles. The summed E-state index contributed by atoms with van der Waals surface area (Å²) in [6, 6.07) is 7.57. The Labute approximate surface area is 95.0 Å². The summed E-state index contributed by atoms with van der Waals surface area (Å²) in [5.74, 6) is -0.252. The largest absolute Gasteiger partial charge is 0.469 e. The highest BCUT2D eigenvalue weighted by Crippen LogP contribution is 2.41. The lowest BCUT2D eigenvalue weighted by atomic mass is 9.75. The van der Waals surface area contributed by atoms with Crippen molar-refractivity contribution in [2.45, 2.75) is 31.3 Å². The predicted molar refractivity (Wildman–Crippen MR) is 59.9 cm³/mol. The third kappa shape index (κ3) is 2.09. The van der Waals surface area contributed by atoms with Crippen LogP contribution in [0.1, 0.15) is 30.4 Å². The van der Waals surface area contributed by atoms with E-state index >= 15 is 0 Å². The number of esters is 1. The fourth-order valence-electron chi connectivity index (χ4n) is 2.01. The minimum absolute atomic E-state index is 0.252. The number of hydrogen-bond donors (Lipinski definition) is 1. The second kappa shape index (κ2) is 4.26. The molecule has 3 nitrogen and oxygen atoms in total. The molecule has 0 bridgehead atoms. The van der Waals surface area contributed by atoms with Crippen LogP contribution in [0.15, 0.2) is 24.3 Å². The van der Waals surface area contributed by atoms with Gasteiger partial charge in [-0.3, -0.25) is 4.79 Å². The smallest absolute Gasteiger partial charge is 0.309 e. The summed E-state index contributed by atoms with van der Waals surface area (Å²) in [6.07, 6.45) is 2.96. The molecular weight excluding hydrogens is 204 g/mol. The van der Waals surface area contributed by atoms with Gasteiger partial charge in [0.2, 0.25) is 0 Å². The summed E-state index contributed by atoms with van der Waals surface area (Å²) in [5.41, 5.74) is 1.15. The van der Waals surface area contributed by atoms with Crippen LogP contribution in [-0.2, 0) is 21.6 Å². The van der Waals surface area contributed by atoms with Crippen LogP contribution in [0, 0.1) is 0 Å². The lowest BCUT2D eigenvalue weighted by Crippen LogP contribution is -2.33. The van der Waals surface area contributed by atoms with E-state index in [-0.39, 0.29) is 12.4 Å². The summed E-state index contributed by atoms with van der Waals surface area (Å²) in [4.78, 5) is 11.1. The van der Waals surface area contributed by atoms with E-state index in [1.807, 2.05) is 24.3 Å². The molecule has 1 fully saturated rings. The Bertz CT molecular complexity index is 394. The molecule has 1 saturated carbocycles. The molecule has 16 heavy (non-hydrogen) atoms. The lowest BCUT2D eigenvalue weighted by Gasteiger charge is -2.37. The van der Waals surface area contributed by atoms with Crippen LogP contribution in [0.3, 0.4) is 0 Å². The van der Waals surface area contributed by atoms with Crippen LogP contribution in [0.4, 0.5) is 0 Å². The minimum Gasteiger partial charge on any atom is -0.469 e. The van der Waals surface area contributed by atoms with Crippen molar-refractivity contribution in [3.05, 3.63) is 35.4 Å². The van der Waals surface area contributed by atoms with E-state index in [4.69, 9.17) is 0 Å². The average molecular weight is 220 g/mol. The molecule has 86 valence electrons. The molecule has 1 aliphatic carbocycles. The monoisotopic (exact) mass is 220 g/mol. The Morgan fingerprint density at radius 2 is 2.25 bits per heavy atom. The van der Waals surface area contributed by atoms with Gasteiger partial charge in [-0.1, -0.05) is 24.3 Å². The molecule has 1 aliphatic rings. The van der Waals surface area contributed by atoms with Gasteiger partial charge in [-0.25, -0.2) is 0 Å². The fraction of sp³-hybridized carbons (Fsp3) is 0.462. The highest BCUT2D eigenvalue weighted by molar-refractivity contribution is 5.72. The van der Waals surface area contributed by atoms with Crippen LogP contribution >= 0.6 is 0 Å². The maximum absolute atomic E-state index is 11.1. The topological polar surface area (TPSA) is 46.5 Å². The molecule has 0 heterocycles. The van der Waals surface area contributed by atoms with E-state index in [2.05, 4.69) is 4.74 Å². The van der Waals surface area contributed by atoms with Crippen molar-refractivity contribution in [2.75, 3.05) is 7.11 Å². The molecule has 0 amide bonds. The Balaban J connectivity index is 2.16. The molecule has 3 heteroatoms. The zero-order valence-electron chi connectivity index (χ0n) is 9.40. The third-order valence-electron chi connectivity index (χ3n) is 3.22. The summed E-state index contributed by atoms with van der Waals surface area (Å²) >= 11 is 0. The number of rotatable bonds is 3. The van der Waals surface area contributed by atoms with Crippen LogP contribution < -0.4 is 0 Å². The van der Waals surface area contributed by atoms with E-state index in [0.717, 1.165) is 30.4 Å². The maximum Gasteiger partial charge on any atom is 0.309 e. The number of hydrogen-bond acceptors (Lipinski definition) is 3. The first-order valence-electron chi connectivity index (χ1n) is 5.53. The second-order valence-electron chi connectivity index (χ2n) is 4.34. The van der Waals surface area contributed by atoms with Gasteiger partial charge in [0.15, 0.2) is 0 Å². The standard InChI is InChI=1S/C13H16O3/c1-16-12(14)9-10-4-2-5-11(8-10)13(15)6-3-7-13/h2,4-5,8,15H,3,6-7,9H2,1H3. The van der Waals surface area contributed by atoms with Crippen molar-refractivity contribution in [1.29, 1.82) is 0 Å².